The van der Waals surface area contributed by atoms with Crippen LogP contribution in [0.2, 0.25) is 0 Å². The summed E-state index contributed by atoms with van der Waals surface area (Å²) in [5.41, 5.74) is 0. The zero-order chi connectivity index (χ0) is 17.9. The minimum Gasteiger partial charge on any atom is -0.497 e. The quantitative estimate of drug-likeness (QED) is 0.751. The lowest BCUT2D eigenvalue weighted by Crippen LogP contribution is -2.49. The first-order chi connectivity index (χ1) is 12.0. The summed E-state index contributed by atoms with van der Waals surface area (Å²) in [5.74, 6) is 1.82. The van der Waals surface area contributed by atoms with Crippen LogP contribution in [-0.2, 0) is 16.4 Å². The fraction of sp³-hybridized carbons (Fsp3) is 0.500. The summed E-state index contributed by atoms with van der Waals surface area (Å²) >= 11 is 0. The summed E-state index contributed by atoms with van der Waals surface area (Å²) in [6, 6.07) is 6.49. The average Bonchev–Trinajstić information content (AvgIpc) is 3.06. The van der Waals surface area contributed by atoms with Gasteiger partial charge in [-0.3, -0.25) is 0 Å². The van der Waals surface area contributed by atoms with E-state index in [1.54, 1.807) is 38.3 Å². The van der Waals surface area contributed by atoms with Crippen molar-refractivity contribution in [2.45, 2.75) is 18.2 Å². The van der Waals surface area contributed by atoms with Gasteiger partial charge in [0, 0.05) is 46.1 Å². The second kappa shape index (κ2) is 7.51. The lowest BCUT2D eigenvalue weighted by Gasteiger charge is -2.33. The molecule has 0 saturated carbocycles. The Labute approximate surface area is 147 Å². The maximum Gasteiger partial charge on any atom is 0.243 e. The van der Waals surface area contributed by atoms with Gasteiger partial charge in [0.25, 0.3) is 0 Å². The molecule has 0 spiro atoms. The van der Waals surface area contributed by atoms with Crippen LogP contribution < -0.4 is 4.74 Å². The largest absolute Gasteiger partial charge is 0.497 e. The molecule has 1 saturated heterocycles. The second-order valence-corrected chi connectivity index (χ2v) is 7.82. The van der Waals surface area contributed by atoms with E-state index in [0.29, 0.717) is 55.0 Å². The van der Waals surface area contributed by atoms with Gasteiger partial charge in [0.05, 0.1) is 12.0 Å². The lowest BCUT2D eigenvalue weighted by molar-refractivity contribution is 0.186. The SMILES string of the molecule is COc1ccc(S(=O)(=O)N2CCN(CCc3nnc(C)o3)CC2)cc1. The molecule has 25 heavy (non-hydrogen) atoms. The zero-order valence-corrected chi connectivity index (χ0v) is 15.2. The molecule has 1 aliphatic rings. The monoisotopic (exact) mass is 366 g/mol. The number of hydrogen-bond donors (Lipinski definition) is 0. The van der Waals surface area contributed by atoms with Crippen LogP contribution in [0, 0.1) is 6.92 Å². The van der Waals surface area contributed by atoms with Crippen LogP contribution in [0.1, 0.15) is 11.8 Å². The van der Waals surface area contributed by atoms with Crippen molar-refractivity contribution < 1.29 is 17.6 Å². The van der Waals surface area contributed by atoms with Gasteiger partial charge >= 0.3 is 0 Å². The van der Waals surface area contributed by atoms with Crippen molar-refractivity contribution in [3.8, 4) is 5.75 Å². The Hall–Kier alpha value is -1.97. The van der Waals surface area contributed by atoms with Gasteiger partial charge in [-0.2, -0.15) is 4.31 Å². The number of ether oxygens (including phenoxy) is 1. The molecule has 0 bridgehead atoms. The van der Waals surface area contributed by atoms with Crippen molar-refractivity contribution in [2.24, 2.45) is 0 Å². The molecule has 0 atom stereocenters. The molecule has 0 aliphatic carbocycles. The van der Waals surface area contributed by atoms with Crippen molar-refractivity contribution in [3.05, 3.63) is 36.0 Å². The fourth-order valence-electron chi connectivity index (χ4n) is 2.78. The van der Waals surface area contributed by atoms with E-state index in [9.17, 15) is 8.42 Å². The van der Waals surface area contributed by atoms with E-state index in [1.165, 1.54) is 4.31 Å². The van der Waals surface area contributed by atoms with Crippen LogP contribution >= 0.6 is 0 Å². The van der Waals surface area contributed by atoms with Crippen molar-refractivity contribution in [2.75, 3.05) is 39.8 Å². The number of methoxy groups -OCH3 is 1. The van der Waals surface area contributed by atoms with Gasteiger partial charge in [-0.15, -0.1) is 10.2 Å². The first-order valence-corrected chi connectivity index (χ1v) is 9.58. The topological polar surface area (TPSA) is 88.8 Å². The molecule has 0 N–H and O–H groups in total. The third-order valence-electron chi connectivity index (χ3n) is 4.24. The number of nitrogens with zero attached hydrogens (tertiary/aromatic N) is 4. The Kier molecular flexibility index (Phi) is 5.36. The van der Waals surface area contributed by atoms with E-state index in [-0.39, 0.29) is 0 Å². The van der Waals surface area contributed by atoms with E-state index in [2.05, 4.69) is 15.1 Å². The number of rotatable bonds is 6. The number of hydrogen-bond acceptors (Lipinski definition) is 7. The molecule has 1 aliphatic heterocycles. The van der Waals surface area contributed by atoms with Crippen molar-refractivity contribution in [3.63, 3.8) is 0 Å². The van der Waals surface area contributed by atoms with Crippen LogP contribution in [0.15, 0.2) is 33.6 Å². The van der Waals surface area contributed by atoms with Crippen LogP contribution in [0.5, 0.6) is 5.75 Å². The van der Waals surface area contributed by atoms with Gasteiger partial charge in [-0.1, -0.05) is 0 Å². The summed E-state index contributed by atoms with van der Waals surface area (Å²) in [6.45, 7) is 4.84. The number of piperazine rings is 1. The fourth-order valence-corrected chi connectivity index (χ4v) is 4.20. The van der Waals surface area contributed by atoms with Gasteiger partial charge in [0.15, 0.2) is 0 Å². The second-order valence-electron chi connectivity index (χ2n) is 5.89. The van der Waals surface area contributed by atoms with Gasteiger partial charge < -0.3 is 14.1 Å². The van der Waals surface area contributed by atoms with E-state index in [0.717, 1.165) is 6.54 Å². The predicted molar refractivity (Wildman–Crippen MR) is 90.9 cm³/mol. The molecule has 2 aromatic rings. The van der Waals surface area contributed by atoms with Gasteiger partial charge in [0.2, 0.25) is 21.8 Å². The smallest absolute Gasteiger partial charge is 0.243 e. The highest BCUT2D eigenvalue weighted by Crippen LogP contribution is 2.20. The molecule has 9 heteroatoms. The van der Waals surface area contributed by atoms with Gasteiger partial charge in [-0.25, -0.2) is 8.42 Å². The van der Waals surface area contributed by atoms with Crippen LogP contribution in [0.3, 0.4) is 0 Å². The summed E-state index contributed by atoms with van der Waals surface area (Å²) in [4.78, 5) is 2.50. The molecular formula is C16H22N4O4S. The van der Waals surface area contributed by atoms with E-state index in [4.69, 9.17) is 9.15 Å². The molecule has 3 rings (SSSR count). The van der Waals surface area contributed by atoms with Gasteiger partial charge in [0.1, 0.15) is 5.75 Å². The van der Waals surface area contributed by atoms with Crippen molar-refractivity contribution >= 4 is 10.0 Å². The Morgan fingerprint density at radius 2 is 1.80 bits per heavy atom. The predicted octanol–water partition coefficient (Wildman–Crippen LogP) is 0.936. The first-order valence-electron chi connectivity index (χ1n) is 8.14. The number of sulfonamides is 1. The molecule has 136 valence electrons. The molecule has 2 heterocycles. The average molecular weight is 366 g/mol. The Morgan fingerprint density at radius 1 is 1.12 bits per heavy atom. The molecule has 1 fully saturated rings. The molecular weight excluding hydrogens is 344 g/mol. The summed E-state index contributed by atoms with van der Waals surface area (Å²) in [7, 11) is -1.91. The summed E-state index contributed by atoms with van der Waals surface area (Å²) in [5, 5.41) is 7.79. The standard InChI is InChI=1S/C16H22N4O4S/c1-13-17-18-16(24-13)7-8-19-9-11-20(12-10-19)25(21,22)15-5-3-14(23-2)4-6-15/h3-6H,7-12H2,1-2H3. The summed E-state index contributed by atoms with van der Waals surface area (Å²) in [6.07, 6.45) is 0.673. The highest BCUT2D eigenvalue weighted by Gasteiger charge is 2.28. The van der Waals surface area contributed by atoms with E-state index in [1.807, 2.05) is 0 Å². The van der Waals surface area contributed by atoms with Crippen LogP contribution in [-0.4, -0.2) is 67.7 Å². The summed E-state index contributed by atoms with van der Waals surface area (Å²) < 4.78 is 37.4. The first kappa shape index (κ1) is 17.8. The van der Waals surface area contributed by atoms with Crippen LogP contribution in [0.4, 0.5) is 0 Å². The molecule has 1 aromatic carbocycles. The zero-order valence-electron chi connectivity index (χ0n) is 14.4. The van der Waals surface area contributed by atoms with Crippen molar-refractivity contribution in [1.29, 1.82) is 0 Å². The number of benzene rings is 1. The number of aromatic nitrogens is 2. The third-order valence-corrected chi connectivity index (χ3v) is 6.15. The van der Waals surface area contributed by atoms with E-state index < -0.39 is 10.0 Å². The van der Waals surface area contributed by atoms with Crippen molar-refractivity contribution in [1.82, 2.24) is 19.4 Å². The molecule has 8 nitrogen and oxygen atoms in total. The Balaban J connectivity index is 1.55. The third kappa shape index (κ3) is 4.17. The maximum atomic E-state index is 12.7. The minimum atomic E-state index is -3.46. The normalized spacial score (nSPS) is 16.9. The molecule has 0 radical (unpaired) electrons. The molecule has 1 aromatic heterocycles. The van der Waals surface area contributed by atoms with Crippen LogP contribution in [0.25, 0.3) is 0 Å². The highest BCUT2D eigenvalue weighted by molar-refractivity contribution is 7.89. The van der Waals surface area contributed by atoms with Gasteiger partial charge in [-0.05, 0) is 24.3 Å². The van der Waals surface area contributed by atoms with E-state index >= 15 is 0 Å². The minimum absolute atomic E-state index is 0.295. The number of aryl methyl sites for hydroxylation is 1. The molecule has 0 unspecified atom stereocenters. The molecule has 0 amide bonds. The Morgan fingerprint density at radius 3 is 2.36 bits per heavy atom. The maximum absolute atomic E-state index is 12.7. The lowest BCUT2D eigenvalue weighted by atomic mass is 10.3. The highest BCUT2D eigenvalue weighted by atomic mass is 32.2. The Bertz CT molecular complexity index is 796.